The number of thiazole rings is 1. The molecule has 0 fully saturated rings. The first kappa shape index (κ1) is 15.9. The van der Waals surface area contributed by atoms with E-state index in [9.17, 15) is 9.59 Å². The van der Waals surface area contributed by atoms with E-state index in [-0.39, 0.29) is 11.8 Å². The van der Waals surface area contributed by atoms with E-state index in [0.29, 0.717) is 10.0 Å². The summed E-state index contributed by atoms with van der Waals surface area (Å²) in [5, 5.41) is 11.6. The third kappa shape index (κ3) is 3.84. The van der Waals surface area contributed by atoms with Gasteiger partial charge in [0.15, 0.2) is 5.13 Å². The van der Waals surface area contributed by atoms with Gasteiger partial charge in [0.1, 0.15) is 6.04 Å². The van der Waals surface area contributed by atoms with Crippen molar-refractivity contribution in [2.24, 2.45) is 0 Å². The first-order valence-corrected chi connectivity index (χ1v) is 9.42. The highest BCUT2D eigenvalue weighted by molar-refractivity contribution is 7.16. The van der Waals surface area contributed by atoms with Gasteiger partial charge in [0.05, 0.1) is 15.4 Å². The molecule has 3 aromatic heterocycles. The zero-order valence-electron chi connectivity index (χ0n) is 12.1. The van der Waals surface area contributed by atoms with Gasteiger partial charge in [0, 0.05) is 5.38 Å². The van der Waals surface area contributed by atoms with E-state index in [2.05, 4.69) is 15.6 Å². The Bertz CT molecular complexity index is 794. The lowest BCUT2D eigenvalue weighted by Gasteiger charge is -2.12. The monoisotopic (exact) mass is 363 g/mol. The molecule has 1 unspecified atom stereocenters. The van der Waals surface area contributed by atoms with E-state index >= 15 is 0 Å². The fourth-order valence-electron chi connectivity index (χ4n) is 1.82. The molecule has 0 saturated heterocycles. The standard InChI is InChI=1S/C15H13N3O2S3/c1-9(16-14(20)12-5-3-7-22-12)13(19)18-15-17-10(8-23-15)11-4-2-6-21-11/h2-9H,1H3,(H,16,20)(H,17,18,19). The SMILES string of the molecule is CC(NC(=O)c1cccs1)C(=O)Nc1nc(-c2cccs2)cs1. The summed E-state index contributed by atoms with van der Waals surface area (Å²) in [7, 11) is 0. The molecule has 0 aliphatic rings. The topological polar surface area (TPSA) is 71.1 Å². The molecular weight excluding hydrogens is 350 g/mol. The summed E-state index contributed by atoms with van der Waals surface area (Å²) in [6.07, 6.45) is 0. The van der Waals surface area contributed by atoms with Crippen LogP contribution in [0.4, 0.5) is 5.13 Å². The number of anilines is 1. The van der Waals surface area contributed by atoms with Crippen molar-refractivity contribution in [3.8, 4) is 10.6 Å². The number of nitrogens with zero attached hydrogens (tertiary/aromatic N) is 1. The van der Waals surface area contributed by atoms with Crippen LogP contribution in [0.5, 0.6) is 0 Å². The molecule has 1 atom stereocenters. The summed E-state index contributed by atoms with van der Waals surface area (Å²) in [6.45, 7) is 1.65. The number of carbonyl (C=O) groups excluding carboxylic acids is 2. The molecule has 2 N–H and O–H groups in total. The Hall–Kier alpha value is -2.03. The van der Waals surface area contributed by atoms with E-state index in [1.807, 2.05) is 28.3 Å². The minimum absolute atomic E-state index is 0.249. The molecule has 118 valence electrons. The second-order valence-corrected chi connectivity index (χ2v) is 7.43. The number of carbonyl (C=O) groups is 2. The minimum atomic E-state index is -0.640. The maximum absolute atomic E-state index is 12.2. The maximum Gasteiger partial charge on any atom is 0.261 e. The van der Waals surface area contributed by atoms with Crippen LogP contribution in [0.1, 0.15) is 16.6 Å². The predicted molar refractivity (Wildman–Crippen MR) is 95.3 cm³/mol. The normalized spacial score (nSPS) is 11.9. The summed E-state index contributed by atoms with van der Waals surface area (Å²) in [5.74, 6) is -0.539. The summed E-state index contributed by atoms with van der Waals surface area (Å²) < 4.78 is 0. The molecule has 0 bridgehead atoms. The number of hydrogen-bond donors (Lipinski definition) is 2. The molecule has 0 aliphatic carbocycles. The quantitative estimate of drug-likeness (QED) is 0.726. The largest absolute Gasteiger partial charge is 0.340 e. The minimum Gasteiger partial charge on any atom is -0.340 e. The fraction of sp³-hybridized carbons (Fsp3) is 0.133. The Labute approximate surface area is 145 Å². The van der Waals surface area contributed by atoms with Crippen molar-refractivity contribution in [1.29, 1.82) is 0 Å². The molecule has 8 heteroatoms. The lowest BCUT2D eigenvalue weighted by atomic mass is 10.3. The summed E-state index contributed by atoms with van der Waals surface area (Å²) in [4.78, 5) is 30.1. The molecule has 3 rings (SSSR count). The number of nitrogens with one attached hydrogen (secondary N) is 2. The van der Waals surface area contributed by atoms with Crippen LogP contribution in [-0.4, -0.2) is 22.8 Å². The zero-order valence-corrected chi connectivity index (χ0v) is 14.6. The summed E-state index contributed by atoms with van der Waals surface area (Å²) >= 11 is 4.30. The van der Waals surface area contributed by atoms with Gasteiger partial charge >= 0.3 is 0 Å². The molecule has 3 aromatic rings. The van der Waals surface area contributed by atoms with Crippen LogP contribution >= 0.6 is 34.0 Å². The van der Waals surface area contributed by atoms with Crippen LogP contribution < -0.4 is 10.6 Å². The second-order valence-electron chi connectivity index (χ2n) is 4.68. The van der Waals surface area contributed by atoms with Crippen LogP contribution in [0.3, 0.4) is 0 Å². The van der Waals surface area contributed by atoms with Gasteiger partial charge in [0.25, 0.3) is 5.91 Å². The molecule has 3 heterocycles. The fourth-order valence-corrected chi connectivity index (χ4v) is 3.92. The van der Waals surface area contributed by atoms with Gasteiger partial charge in [-0.05, 0) is 29.8 Å². The van der Waals surface area contributed by atoms with Crippen molar-refractivity contribution >= 4 is 51.0 Å². The first-order chi connectivity index (χ1) is 11.1. The van der Waals surface area contributed by atoms with E-state index in [4.69, 9.17) is 0 Å². The first-order valence-electron chi connectivity index (χ1n) is 6.78. The Kier molecular flexibility index (Phi) is 4.85. The lowest BCUT2D eigenvalue weighted by Crippen LogP contribution is -2.41. The summed E-state index contributed by atoms with van der Waals surface area (Å²) in [5.41, 5.74) is 0.843. The number of amides is 2. The second kappa shape index (κ2) is 7.03. The Morgan fingerprint density at radius 1 is 1.13 bits per heavy atom. The zero-order chi connectivity index (χ0) is 16.2. The van der Waals surface area contributed by atoms with Crippen LogP contribution in [0, 0.1) is 0 Å². The number of hydrogen-bond acceptors (Lipinski definition) is 6. The molecular formula is C15H13N3O2S3. The molecule has 5 nitrogen and oxygen atoms in total. The van der Waals surface area contributed by atoms with Gasteiger partial charge in [0.2, 0.25) is 5.91 Å². The van der Waals surface area contributed by atoms with E-state index in [1.165, 1.54) is 22.7 Å². The molecule has 0 aliphatic heterocycles. The van der Waals surface area contributed by atoms with Crippen LogP contribution in [-0.2, 0) is 4.79 Å². The van der Waals surface area contributed by atoms with Gasteiger partial charge in [-0.3, -0.25) is 9.59 Å². The Balaban J connectivity index is 1.59. The average Bonchev–Trinajstić information content (AvgIpc) is 3.28. The van der Waals surface area contributed by atoms with Gasteiger partial charge in [-0.1, -0.05) is 12.1 Å². The highest BCUT2D eigenvalue weighted by atomic mass is 32.1. The Morgan fingerprint density at radius 2 is 1.91 bits per heavy atom. The van der Waals surface area contributed by atoms with Crippen molar-refractivity contribution in [3.63, 3.8) is 0 Å². The van der Waals surface area contributed by atoms with E-state index in [0.717, 1.165) is 10.6 Å². The average molecular weight is 363 g/mol. The van der Waals surface area contributed by atoms with Crippen molar-refractivity contribution in [1.82, 2.24) is 10.3 Å². The number of rotatable bonds is 5. The van der Waals surface area contributed by atoms with Gasteiger partial charge in [-0.2, -0.15) is 0 Å². The highest BCUT2D eigenvalue weighted by Crippen LogP contribution is 2.28. The van der Waals surface area contributed by atoms with Gasteiger partial charge in [-0.25, -0.2) is 4.98 Å². The molecule has 0 radical (unpaired) electrons. The van der Waals surface area contributed by atoms with Crippen molar-refractivity contribution < 1.29 is 9.59 Å². The van der Waals surface area contributed by atoms with E-state index in [1.54, 1.807) is 30.4 Å². The number of thiophene rings is 2. The lowest BCUT2D eigenvalue weighted by molar-refractivity contribution is -0.117. The molecule has 0 spiro atoms. The predicted octanol–water partition coefficient (Wildman–Crippen LogP) is 3.69. The van der Waals surface area contributed by atoms with Crippen LogP contribution in [0.15, 0.2) is 40.4 Å². The third-order valence-electron chi connectivity index (χ3n) is 2.99. The third-order valence-corrected chi connectivity index (χ3v) is 5.51. The van der Waals surface area contributed by atoms with Crippen LogP contribution in [0.2, 0.25) is 0 Å². The molecule has 23 heavy (non-hydrogen) atoms. The molecule has 0 saturated carbocycles. The molecule has 2 amide bonds. The van der Waals surface area contributed by atoms with Gasteiger partial charge < -0.3 is 10.6 Å². The smallest absolute Gasteiger partial charge is 0.261 e. The maximum atomic E-state index is 12.2. The van der Waals surface area contributed by atoms with Gasteiger partial charge in [-0.15, -0.1) is 34.0 Å². The Morgan fingerprint density at radius 3 is 2.61 bits per heavy atom. The van der Waals surface area contributed by atoms with Crippen molar-refractivity contribution in [3.05, 3.63) is 45.3 Å². The summed E-state index contributed by atoms with van der Waals surface area (Å²) in [6, 6.07) is 6.82. The highest BCUT2D eigenvalue weighted by Gasteiger charge is 2.18. The number of aromatic nitrogens is 1. The van der Waals surface area contributed by atoms with Crippen molar-refractivity contribution in [2.75, 3.05) is 5.32 Å². The van der Waals surface area contributed by atoms with E-state index < -0.39 is 6.04 Å². The van der Waals surface area contributed by atoms with Crippen molar-refractivity contribution in [2.45, 2.75) is 13.0 Å². The van der Waals surface area contributed by atoms with Crippen LogP contribution in [0.25, 0.3) is 10.6 Å². The molecule has 0 aromatic carbocycles.